The Kier molecular flexibility index (Phi) is 10.5. The van der Waals surface area contributed by atoms with Gasteiger partial charge in [-0.25, -0.2) is 4.39 Å². The normalized spacial score (nSPS) is 23.8. The second kappa shape index (κ2) is 11.8. The molecule has 27 heavy (non-hydrogen) atoms. The molecule has 9 heteroatoms. The summed E-state index contributed by atoms with van der Waals surface area (Å²) in [7, 11) is 0. The number of nitrogens with one attached hydrogen (secondary N) is 1. The van der Waals surface area contributed by atoms with Gasteiger partial charge in [-0.3, -0.25) is 9.69 Å². The number of hydrogen-bond acceptors (Lipinski definition) is 5. The Morgan fingerprint density at radius 2 is 2.04 bits per heavy atom. The number of ether oxygens (including phenoxy) is 2. The first-order valence-corrected chi connectivity index (χ1v) is 8.88. The van der Waals surface area contributed by atoms with E-state index in [4.69, 9.17) is 15.2 Å². The van der Waals surface area contributed by atoms with Crippen LogP contribution in [0.2, 0.25) is 0 Å². The van der Waals surface area contributed by atoms with Gasteiger partial charge in [-0.05, 0) is 30.5 Å². The van der Waals surface area contributed by atoms with Crippen LogP contribution in [0.25, 0.3) is 0 Å². The molecule has 2 fully saturated rings. The van der Waals surface area contributed by atoms with Gasteiger partial charge < -0.3 is 20.5 Å². The van der Waals surface area contributed by atoms with E-state index in [9.17, 15) is 9.18 Å². The van der Waals surface area contributed by atoms with Crippen LogP contribution in [-0.4, -0.2) is 62.4 Å². The fourth-order valence-electron chi connectivity index (χ4n) is 3.44. The first-order chi connectivity index (χ1) is 12.2. The number of carbonyl (C=O) groups excluding carboxylic acids is 1. The number of hydrogen-bond donors (Lipinski definition) is 2. The molecule has 3 N–H and O–H groups in total. The molecular weight excluding hydrogens is 396 g/mol. The molecule has 0 aromatic heterocycles. The molecule has 0 radical (unpaired) electrons. The molecule has 1 unspecified atom stereocenters. The van der Waals surface area contributed by atoms with E-state index >= 15 is 0 Å². The summed E-state index contributed by atoms with van der Waals surface area (Å²) >= 11 is 0. The molecule has 1 aromatic rings. The van der Waals surface area contributed by atoms with Gasteiger partial charge in [-0.15, -0.1) is 24.8 Å². The fraction of sp³-hybridized carbons (Fsp3) is 0.611. The highest BCUT2D eigenvalue weighted by Crippen LogP contribution is 2.23. The van der Waals surface area contributed by atoms with Gasteiger partial charge in [0.25, 0.3) is 0 Å². The topological polar surface area (TPSA) is 76.8 Å². The van der Waals surface area contributed by atoms with Crippen LogP contribution in [0.5, 0.6) is 0 Å². The molecule has 0 aliphatic carbocycles. The van der Waals surface area contributed by atoms with E-state index in [0.29, 0.717) is 32.7 Å². The van der Waals surface area contributed by atoms with Gasteiger partial charge in [0, 0.05) is 26.2 Å². The molecule has 0 bridgehead atoms. The predicted octanol–water partition coefficient (Wildman–Crippen LogP) is 1.67. The number of halogens is 3. The van der Waals surface area contributed by atoms with Gasteiger partial charge >= 0.3 is 0 Å². The number of benzene rings is 1. The maximum absolute atomic E-state index is 13.7. The quantitative estimate of drug-likeness (QED) is 0.727. The van der Waals surface area contributed by atoms with Crippen LogP contribution < -0.4 is 11.1 Å². The first kappa shape index (κ1) is 24.1. The number of rotatable bonds is 6. The lowest BCUT2D eigenvalue weighted by Gasteiger charge is -2.35. The van der Waals surface area contributed by atoms with E-state index in [-0.39, 0.29) is 48.7 Å². The van der Waals surface area contributed by atoms with Gasteiger partial charge in [0.2, 0.25) is 5.91 Å². The molecule has 1 amide bonds. The zero-order valence-electron chi connectivity index (χ0n) is 15.1. The van der Waals surface area contributed by atoms with E-state index in [1.807, 2.05) is 6.07 Å². The third-order valence-corrected chi connectivity index (χ3v) is 4.85. The highest BCUT2D eigenvalue weighted by atomic mass is 35.5. The molecule has 2 aliphatic rings. The van der Waals surface area contributed by atoms with Crippen LogP contribution in [0.4, 0.5) is 4.39 Å². The number of nitrogens with zero attached hydrogens (tertiary/aromatic N) is 1. The third-order valence-electron chi connectivity index (χ3n) is 4.85. The van der Waals surface area contributed by atoms with Crippen molar-refractivity contribution in [3.05, 3.63) is 35.6 Å². The largest absolute Gasteiger partial charge is 0.379 e. The number of carbonyl (C=O) groups is 1. The summed E-state index contributed by atoms with van der Waals surface area (Å²) in [4.78, 5) is 14.6. The van der Waals surface area contributed by atoms with Crippen molar-refractivity contribution in [2.45, 2.75) is 31.1 Å². The number of morpholine rings is 1. The van der Waals surface area contributed by atoms with E-state index in [1.165, 1.54) is 12.1 Å². The molecule has 0 saturated carbocycles. The Hall–Kier alpha value is -0.960. The van der Waals surface area contributed by atoms with Gasteiger partial charge in [0.05, 0.1) is 25.4 Å². The van der Waals surface area contributed by atoms with Gasteiger partial charge in [-0.2, -0.15) is 0 Å². The van der Waals surface area contributed by atoms with Crippen LogP contribution in [-0.2, 0) is 14.3 Å². The minimum atomic E-state index is -0.439. The molecule has 0 spiro atoms. The van der Waals surface area contributed by atoms with Gasteiger partial charge in [0.15, 0.2) is 0 Å². The zero-order chi connectivity index (χ0) is 17.6. The Morgan fingerprint density at radius 3 is 2.67 bits per heavy atom. The minimum absolute atomic E-state index is 0. The lowest BCUT2D eigenvalue weighted by Crippen LogP contribution is -2.45. The van der Waals surface area contributed by atoms with Crippen LogP contribution >= 0.6 is 24.8 Å². The first-order valence-electron chi connectivity index (χ1n) is 8.88. The zero-order valence-corrected chi connectivity index (χ0v) is 16.8. The Labute approximate surface area is 171 Å². The van der Waals surface area contributed by atoms with Crippen molar-refractivity contribution in [3.8, 4) is 0 Å². The summed E-state index contributed by atoms with van der Waals surface area (Å²) in [6, 6.07) is 6.47. The number of nitrogens with two attached hydrogens (primary N) is 1. The Bertz CT molecular complexity index is 591. The van der Waals surface area contributed by atoms with Gasteiger partial charge in [-0.1, -0.05) is 12.1 Å². The van der Waals surface area contributed by atoms with Crippen molar-refractivity contribution in [2.24, 2.45) is 5.73 Å². The van der Waals surface area contributed by atoms with Crippen LogP contribution in [0.3, 0.4) is 0 Å². The molecule has 1 aromatic carbocycles. The number of amides is 1. The second-order valence-electron chi connectivity index (χ2n) is 6.52. The van der Waals surface area contributed by atoms with Crippen LogP contribution in [0.1, 0.15) is 24.4 Å². The van der Waals surface area contributed by atoms with Crippen molar-refractivity contribution in [1.82, 2.24) is 10.2 Å². The highest BCUT2D eigenvalue weighted by molar-refractivity contribution is 5.85. The monoisotopic (exact) mass is 423 g/mol. The summed E-state index contributed by atoms with van der Waals surface area (Å²) in [5.74, 6) is -0.391. The average molecular weight is 424 g/mol. The second-order valence-corrected chi connectivity index (χ2v) is 6.52. The Morgan fingerprint density at radius 1 is 1.30 bits per heavy atom. The van der Waals surface area contributed by atoms with E-state index < -0.39 is 6.10 Å². The fourth-order valence-corrected chi connectivity index (χ4v) is 3.44. The smallest absolute Gasteiger partial charge is 0.249 e. The summed E-state index contributed by atoms with van der Waals surface area (Å²) < 4.78 is 24.7. The standard InChI is InChI=1S/C18H26FN3O3.2ClH/c19-14-3-1-2-13(10-14)16(22-6-8-24-9-7-22)12-21-18(23)17-5-4-15(11-20)25-17;;/h1-3,10,15-17H,4-9,11-12,20H2,(H,21,23);2*1H/t15-,16?,17+;;/m1../s1. The molecule has 2 aliphatic heterocycles. The summed E-state index contributed by atoms with van der Waals surface area (Å²) in [5, 5.41) is 2.97. The van der Waals surface area contributed by atoms with Crippen molar-refractivity contribution in [3.63, 3.8) is 0 Å². The third kappa shape index (κ3) is 6.55. The maximum Gasteiger partial charge on any atom is 0.249 e. The molecular formula is C18H28Cl2FN3O3. The predicted molar refractivity (Wildman–Crippen MR) is 106 cm³/mol. The summed E-state index contributed by atoms with van der Waals surface area (Å²) in [5.41, 5.74) is 6.45. The van der Waals surface area contributed by atoms with E-state index in [1.54, 1.807) is 6.07 Å². The lowest BCUT2D eigenvalue weighted by molar-refractivity contribution is -0.132. The minimum Gasteiger partial charge on any atom is -0.379 e. The maximum atomic E-state index is 13.7. The molecule has 154 valence electrons. The van der Waals surface area contributed by atoms with Crippen molar-refractivity contribution in [1.29, 1.82) is 0 Å². The molecule has 2 heterocycles. The molecule has 6 nitrogen and oxygen atoms in total. The van der Waals surface area contributed by atoms with Crippen LogP contribution in [0.15, 0.2) is 24.3 Å². The van der Waals surface area contributed by atoms with E-state index in [2.05, 4.69) is 10.2 Å². The van der Waals surface area contributed by atoms with Crippen LogP contribution in [0, 0.1) is 5.82 Å². The summed E-state index contributed by atoms with van der Waals surface area (Å²) in [6.45, 7) is 3.64. The van der Waals surface area contributed by atoms with Gasteiger partial charge in [0.1, 0.15) is 11.9 Å². The van der Waals surface area contributed by atoms with Crippen molar-refractivity contribution in [2.75, 3.05) is 39.4 Å². The van der Waals surface area contributed by atoms with Crippen molar-refractivity contribution < 1.29 is 18.7 Å². The van der Waals surface area contributed by atoms with E-state index in [0.717, 1.165) is 25.1 Å². The Balaban J connectivity index is 0.00000182. The SMILES string of the molecule is Cl.Cl.NC[C@H]1CC[C@@H](C(=O)NCC(c2cccc(F)c2)N2CCOCC2)O1. The molecule has 3 rings (SSSR count). The average Bonchev–Trinajstić information content (AvgIpc) is 3.12. The lowest BCUT2D eigenvalue weighted by atomic mass is 10.0. The summed E-state index contributed by atoms with van der Waals surface area (Å²) in [6.07, 6.45) is 1.03. The molecule has 2 saturated heterocycles. The molecule has 3 atom stereocenters. The van der Waals surface area contributed by atoms with Crippen molar-refractivity contribution >= 4 is 30.7 Å². The highest BCUT2D eigenvalue weighted by Gasteiger charge is 2.31.